The predicted octanol–water partition coefficient (Wildman–Crippen LogP) is 2.39. The van der Waals surface area contributed by atoms with Crippen LogP contribution in [0.4, 0.5) is 5.82 Å². The third kappa shape index (κ3) is 4.18. The second-order valence-corrected chi connectivity index (χ2v) is 4.95. The Morgan fingerprint density at radius 1 is 1.27 bits per heavy atom. The normalized spacial score (nSPS) is 10.3. The molecule has 1 aromatic carbocycles. The van der Waals surface area contributed by atoms with Gasteiger partial charge in [0.15, 0.2) is 5.69 Å². The molecule has 0 saturated carbocycles. The molecule has 0 aliphatic heterocycles. The predicted molar refractivity (Wildman–Crippen MR) is 83.6 cm³/mol. The minimum atomic E-state index is -1.08. The van der Waals surface area contributed by atoms with Crippen LogP contribution >= 0.6 is 0 Å². The molecule has 0 unspecified atom stereocenters. The summed E-state index contributed by atoms with van der Waals surface area (Å²) in [6, 6.07) is 7.90. The molecule has 0 saturated heterocycles. The van der Waals surface area contributed by atoms with E-state index in [0.717, 1.165) is 24.3 Å². The zero-order chi connectivity index (χ0) is 15.9. The quantitative estimate of drug-likeness (QED) is 0.791. The summed E-state index contributed by atoms with van der Waals surface area (Å²) in [7, 11) is 1.89. The van der Waals surface area contributed by atoms with Gasteiger partial charge >= 0.3 is 5.97 Å². The van der Waals surface area contributed by atoms with Crippen molar-refractivity contribution < 1.29 is 14.6 Å². The molecule has 1 N–H and O–H groups in total. The lowest BCUT2D eigenvalue weighted by atomic mass is 10.2. The van der Waals surface area contributed by atoms with Gasteiger partial charge in [-0.3, -0.25) is 0 Å². The van der Waals surface area contributed by atoms with Crippen molar-refractivity contribution in [1.29, 1.82) is 0 Å². The maximum absolute atomic E-state index is 10.7. The van der Waals surface area contributed by atoms with E-state index in [-0.39, 0.29) is 5.69 Å². The second kappa shape index (κ2) is 7.40. The number of carboxylic acid groups (broad SMARTS) is 1. The minimum absolute atomic E-state index is 0.0555. The molecule has 0 aliphatic rings. The maximum atomic E-state index is 10.7. The Kier molecular flexibility index (Phi) is 5.30. The standard InChI is InChI=1S/C16H19N3O3/c1-12-6-3-4-7-14(12)22-9-5-8-19(2)15-11-17-13(10-18-15)16(20)21/h3-4,6-7,10-11H,5,8-9H2,1-2H3,(H,20,21). The summed E-state index contributed by atoms with van der Waals surface area (Å²) in [5.74, 6) is 0.463. The fourth-order valence-corrected chi connectivity index (χ4v) is 1.95. The monoisotopic (exact) mass is 301 g/mol. The van der Waals surface area contributed by atoms with E-state index < -0.39 is 5.97 Å². The van der Waals surface area contributed by atoms with Crippen LogP contribution in [0, 0.1) is 6.92 Å². The molecule has 1 heterocycles. The molecule has 0 radical (unpaired) electrons. The number of para-hydroxylation sites is 1. The van der Waals surface area contributed by atoms with E-state index in [1.165, 1.54) is 12.4 Å². The van der Waals surface area contributed by atoms with Crippen molar-refractivity contribution in [1.82, 2.24) is 9.97 Å². The first-order valence-electron chi connectivity index (χ1n) is 7.03. The van der Waals surface area contributed by atoms with Crippen LogP contribution in [-0.2, 0) is 0 Å². The molecular formula is C16H19N3O3. The lowest BCUT2D eigenvalue weighted by molar-refractivity contribution is 0.0690. The Bertz CT molecular complexity index is 629. The van der Waals surface area contributed by atoms with Crippen molar-refractivity contribution in [3.8, 4) is 5.75 Å². The van der Waals surface area contributed by atoms with Crippen molar-refractivity contribution in [3.63, 3.8) is 0 Å². The van der Waals surface area contributed by atoms with Crippen molar-refractivity contribution in [3.05, 3.63) is 47.9 Å². The lowest BCUT2D eigenvalue weighted by Gasteiger charge is -2.18. The van der Waals surface area contributed by atoms with Crippen LogP contribution in [0.15, 0.2) is 36.7 Å². The fraction of sp³-hybridized carbons (Fsp3) is 0.312. The Hall–Kier alpha value is -2.63. The Balaban J connectivity index is 1.79. The molecule has 116 valence electrons. The third-order valence-electron chi connectivity index (χ3n) is 3.24. The van der Waals surface area contributed by atoms with E-state index in [2.05, 4.69) is 9.97 Å². The molecule has 0 aliphatic carbocycles. The molecule has 0 atom stereocenters. The van der Waals surface area contributed by atoms with E-state index >= 15 is 0 Å². The van der Waals surface area contributed by atoms with E-state index in [4.69, 9.17) is 9.84 Å². The number of aromatic nitrogens is 2. The number of anilines is 1. The molecule has 0 fully saturated rings. The molecule has 6 heteroatoms. The van der Waals surface area contributed by atoms with Gasteiger partial charge in [0, 0.05) is 13.6 Å². The highest BCUT2D eigenvalue weighted by Crippen LogP contribution is 2.16. The van der Waals surface area contributed by atoms with Crippen molar-refractivity contribution in [2.75, 3.05) is 25.1 Å². The van der Waals surface area contributed by atoms with Gasteiger partial charge in [0.2, 0.25) is 0 Å². The summed E-state index contributed by atoms with van der Waals surface area (Å²) in [6.07, 6.45) is 3.55. The maximum Gasteiger partial charge on any atom is 0.356 e. The Labute approximate surface area is 129 Å². The molecule has 22 heavy (non-hydrogen) atoms. The summed E-state index contributed by atoms with van der Waals surface area (Å²) in [4.78, 5) is 20.6. The SMILES string of the molecule is Cc1ccccc1OCCCN(C)c1cnc(C(=O)O)cn1. The van der Waals surface area contributed by atoms with E-state index in [0.29, 0.717) is 12.4 Å². The van der Waals surface area contributed by atoms with Crippen molar-refractivity contribution in [2.45, 2.75) is 13.3 Å². The zero-order valence-corrected chi connectivity index (χ0v) is 12.7. The molecule has 2 rings (SSSR count). The summed E-state index contributed by atoms with van der Waals surface area (Å²) < 4.78 is 5.73. The van der Waals surface area contributed by atoms with Gasteiger partial charge in [0.25, 0.3) is 0 Å². The average molecular weight is 301 g/mol. The largest absolute Gasteiger partial charge is 0.493 e. The zero-order valence-electron chi connectivity index (χ0n) is 12.7. The fourth-order valence-electron chi connectivity index (χ4n) is 1.95. The van der Waals surface area contributed by atoms with Gasteiger partial charge in [0.1, 0.15) is 11.6 Å². The van der Waals surface area contributed by atoms with Gasteiger partial charge in [-0.05, 0) is 25.0 Å². The van der Waals surface area contributed by atoms with Crippen LogP contribution in [-0.4, -0.2) is 41.2 Å². The van der Waals surface area contributed by atoms with Gasteiger partial charge in [-0.25, -0.2) is 14.8 Å². The number of hydrogen-bond acceptors (Lipinski definition) is 5. The minimum Gasteiger partial charge on any atom is -0.493 e. The molecule has 0 amide bonds. The van der Waals surface area contributed by atoms with Crippen LogP contribution in [0.3, 0.4) is 0 Å². The number of hydrogen-bond donors (Lipinski definition) is 1. The second-order valence-electron chi connectivity index (χ2n) is 4.95. The number of nitrogens with zero attached hydrogens (tertiary/aromatic N) is 3. The number of carbonyl (C=O) groups is 1. The number of ether oxygens (including phenoxy) is 1. The number of aryl methyl sites for hydroxylation is 1. The number of rotatable bonds is 7. The molecule has 2 aromatic rings. The molecule has 1 aromatic heterocycles. The first-order chi connectivity index (χ1) is 10.6. The Morgan fingerprint density at radius 2 is 2.05 bits per heavy atom. The average Bonchev–Trinajstić information content (AvgIpc) is 2.53. The highest BCUT2D eigenvalue weighted by molar-refractivity contribution is 5.84. The molecular weight excluding hydrogens is 282 g/mol. The van der Waals surface area contributed by atoms with Crippen LogP contribution in [0.5, 0.6) is 5.75 Å². The number of aromatic carboxylic acids is 1. The first kappa shape index (κ1) is 15.8. The van der Waals surface area contributed by atoms with Crippen molar-refractivity contribution in [2.24, 2.45) is 0 Å². The summed E-state index contributed by atoms with van der Waals surface area (Å²) in [6.45, 7) is 3.36. The van der Waals surface area contributed by atoms with Gasteiger partial charge in [0.05, 0.1) is 19.0 Å². The van der Waals surface area contributed by atoms with Gasteiger partial charge in [-0.2, -0.15) is 0 Å². The van der Waals surface area contributed by atoms with Crippen LogP contribution in [0.25, 0.3) is 0 Å². The smallest absolute Gasteiger partial charge is 0.356 e. The number of benzene rings is 1. The molecule has 0 bridgehead atoms. The van der Waals surface area contributed by atoms with Gasteiger partial charge in [-0.1, -0.05) is 18.2 Å². The molecule has 6 nitrogen and oxygen atoms in total. The highest BCUT2D eigenvalue weighted by Gasteiger charge is 2.07. The van der Waals surface area contributed by atoms with E-state index in [1.54, 1.807) is 0 Å². The highest BCUT2D eigenvalue weighted by atomic mass is 16.5. The van der Waals surface area contributed by atoms with Gasteiger partial charge in [-0.15, -0.1) is 0 Å². The Morgan fingerprint density at radius 3 is 2.68 bits per heavy atom. The van der Waals surface area contributed by atoms with E-state index in [1.807, 2.05) is 43.1 Å². The lowest BCUT2D eigenvalue weighted by Crippen LogP contribution is -2.22. The first-order valence-corrected chi connectivity index (χ1v) is 7.03. The topological polar surface area (TPSA) is 75.5 Å². The number of carboxylic acids is 1. The molecule has 0 spiro atoms. The summed E-state index contributed by atoms with van der Waals surface area (Å²) in [5, 5.41) is 8.79. The summed E-state index contributed by atoms with van der Waals surface area (Å²) in [5.41, 5.74) is 1.06. The third-order valence-corrected chi connectivity index (χ3v) is 3.24. The van der Waals surface area contributed by atoms with Crippen LogP contribution in [0.2, 0.25) is 0 Å². The summed E-state index contributed by atoms with van der Waals surface area (Å²) >= 11 is 0. The van der Waals surface area contributed by atoms with E-state index in [9.17, 15) is 4.79 Å². The van der Waals surface area contributed by atoms with Gasteiger partial charge < -0.3 is 14.7 Å². The van der Waals surface area contributed by atoms with Crippen molar-refractivity contribution >= 4 is 11.8 Å². The van der Waals surface area contributed by atoms with Crippen LogP contribution in [0.1, 0.15) is 22.5 Å². The van der Waals surface area contributed by atoms with Crippen LogP contribution < -0.4 is 9.64 Å².